The highest BCUT2D eigenvalue weighted by Gasteiger charge is 2.01. The van der Waals surface area contributed by atoms with Crippen LogP contribution in [0.1, 0.15) is 110 Å². The molecule has 0 aliphatic rings. The van der Waals surface area contributed by atoms with Crippen molar-refractivity contribution >= 4 is 5.97 Å². The summed E-state index contributed by atoms with van der Waals surface area (Å²) in [6.07, 6.45) is 20.3. The van der Waals surface area contributed by atoms with Crippen LogP contribution in [-0.2, 0) is 9.53 Å². The van der Waals surface area contributed by atoms with Gasteiger partial charge in [0.2, 0.25) is 0 Å². The third-order valence-corrected chi connectivity index (χ3v) is 4.33. The number of rotatable bonds is 17. The molecule has 0 radical (unpaired) electrons. The van der Waals surface area contributed by atoms with E-state index in [1.54, 1.807) is 6.92 Å². The molecule has 0 aromatic carbocycles. The molecule has 0 unspecified atom stereocenters. The zero-order valence-corrected chi connectivity index (χ0v) is 15.8. The van der Waals surface area contributed by atoms with Crippen molar-refractivity contribution in [2.45, 2.75) is 110 Å². The van der Waals surface area contributed by atoms with Crippen molar-refractivity contribution in [3.8, 4) is 0 Å². The Kier molecular flexibility index (Phi) is 17.0. The van der Waals surface area contributed by atoms with Gasteiger partial charge < -0.3 is 4.74 Å². The van der Waals surface area contributed by atoms with E-state index in [1.807, 2.05) is 0 Å². The lowest BCUT2D eigenvalue weighted by molar-refractivity contribution is -0.139. The molecular formula is C21H40O2. The summed E-state index contributed by atoms with van der Waals surface area (Å²) < 4.78 is 5.08. The van der Waals surface area contributed by atoms with Crippen LogP contribution in [0.5, 0.6) is 0 Å². The van der Waals surface area contributed by atoms with E-state index in [9.17, 15) is 4.79 Å². The molecule has 0 aromatic rings. The van der Waals surface area contributed by atoms with E-state index in [0.29, 0.717) is 12.2 Å². The second-order valence-electron chi connectivity index (χ2n) is 6.87. The van der Waals surface area contributed by atoms with Crippen molar-refractivity contribution in [1.29, 1.82) is 0 Å². The number of ether oxygens (including phenoxy) is 1. The Labute approximate surface area is 145 Å². The first kappa shape index (κ1) is 22.2. The third kappa shape index (κ3) is 17.4. The molecule has 0 saturated carbocycles. The Bertz CT molecular complexity index is 284. The van der Waals surface area contributed by atoms with Crippen LogP contribution in [-0.4, -0.2) is 12.6 Å². The Morgan fingerprint density at radius 1 is 0.696 bits per heavy atom. The molecule has 0 rings (SSSR count). The standard InChI is InChI=1S/C21H40O2/c1-4-5-6-7-8-9-10-11-12-13-14-15-16-17-18-19-23-21(22)20(2)3/h2,4-19H2,1,3H3. The fourth-order valence-electron chi connectivity index (χ4n) is 2.76. The van der Waals surface area contributed by atoms with Gasteiger partial charge in [0, 0.05) is 5.57 Å². The maximum atomic E-state index is 11.2. The highest BCUT2D eigenvalue weighted by atomic mass is 16.5. The summed E-state index contributed by atoms with van der Waals surface area (Å²) in [7, 11) is 0. The zero-order chi connectivity index (χ0) is 17.2. The molecule has 0 N–H and O–H groups in total. The van der Waals surface area contributed by atoms with Crippen molar-refractivity contribution in [2.24, 2.45) is 0 Å². The van der Waals surface area contributed by atoms with Gasteiger partial charge in [-0.2, -0.15) is 0 Å². The van der Waals surface area contributed by atoms with Gasteiger partial charge in [0.15, 0.2) is 0 Å². The van der Waals surface area contributed by atoms with E-state index in [2.05, 4.69) is 13.5 Å². The second kappa shape index (κ2) is 17.6. The number of hydrogen-bond donors (Lipinski definition) is 0. The van der Waals surface area contributed by atoms with Gasteiger partial charge in [-0.15, -0.1) is 0 Å². The average Bonchev–Trinajstić information content (AvgIpc) is 2.54. The summed E-state index contributed by atoms with van der Waals surface area (Å²) in [5.74, 6) is -0.254. The minimum Gasteiger partial charge on any atom is -0.462 e. The lowest BCUT2D eigenvalue weighted by Crippen LogP contribution is -2.05. The van der Waals surface area contributed by atoms with Gasteiger partial charge in [0.1, 0.15) is 0 Å². The van der Waals surface area contributed by atoms with Gasteiger partial charge in [-0.3, -0.25) is 0 Å². The summed E-state index contributed by atoms with van der Waals surface area (Å²) in [6, 6.07) is 0. The van der Waals surface area contributed by atoms with E-state index in [1.165, 1.54) is 89.9 Å². The predicted molar refractivity (Wildman–Crippen MR) is 101 cm³/mol. The lowest BCUT2D eigenvalue weighted by atomic mass is 10.0. The molecule has 0 bridgehead atoms. The molecule has 0 heterocycles. The summed E-state index contributed by atoms with van der Waals surface area (Å²) in [4.78, 5) is 11.2. The van der Waals surface area contributed by atoms with E-state index in [-0.39, 0.29) is 5.97 Å². The highest BCUT2D eigenvalue weighted by molar-refractivity contribution is 5.86. The van der Waals surface area contributed by atoms with Gasteiger partial charge >= 0.3 is 5.97 Å². The van der Waals surface area contributed by atoms with Crippen molar-refractivity contribution in [2.75, 3.05) is 6.61 Å². The molecule has 0 aliphatic heterocycles. The number of carbonyl (C=O) groups is 1. The smallest absolute Gasteiger partial charge is 0.333 e. The molecule has 0 fully saturated rings. The third-order valence-electron chi connectivity index (χ3n) is 4.33. The molecule has 0 aromatic heterocycles. The number of unbranched alkanes of at least 4 members (excludes halogenated alkanes) is 14. The fraction of sp³-hybridized carbons (Fsp3) is 0.857. The van der Waals surface area contributed by atoms with Crippen LogP contribution in [0, 0.1) is 0 Å². The van der Waals surface area contributed by atoms with Crippen molar-refractivity contribution in [1.82, 2.24) is 0 Å². The molecule has 0 aliphatic carbocycles. The van der Waals surface area contributed by atoms with Gasteiger partial charge in [-0.1, -0.05) is 103 Å². The van der Waals surface area contributed by atoms with Gasteiger partial charge in [0.25, 0.3) is 0 Å². The van der Waals surface area contributed by atoms with Gasteiger partial charge in [-0.05, 0) is 13.3 Å². The minimum atomic E-state index is -0.254. The molecule has 136 valence electrons. The van der Waals surface area contributed by atoms with Crippen LogP contribution >= 0.6 is 0 Å². The lowest BCUT2D eigenvalue weighted by Gasteiger charge is -2.05. The largest absolute Gasteiger partial charge is 0.462 e. The maximum absolute atomic E-state index is 11.2. The number of esters is 1. The summed E-state index contributed by atoms with van der Waals surface area (Å²) >= 11 is 0. The Hall–Kier alpha value is -0.790. The Morgan fingerprint density at radius 2 is 1.04 bits per heavy atom. The van der Waals surface area contributed by atoms with E-state index in [4.69, 9.17) is 4.74 Å². The molecular weight excluding hydrogens is 284 g/mol. The average molecular weight is 325 g/mol. The Balaban J connectivity index is 3.05. The molecule has 23 heavy (non-hydrogen) atoms. The van der Waals surface area contributed by atoms with Crippen LogP contribution < -0.4 is 0 Å². The van der Waals surface area contributed by atoms with Crippen LogP contribution in [0.3, 0.4) is 0 Å². The monoisotopic (exact) mass is 324 g/mol. The molecule has 0 spiro atoms. The first-order valence-corrected chi connectivity index (χ1v) is 10.0. The highest BCUT2D eigenvalue weighted by Crippen LogP contribution is 2.13. The van der Waals surface area contributed by atoms with Crippen molar-refractivity contribution in [3.63, 3.8) is 0 Å². The number of hydrogen-bond acceptors (Lipinski definition) is 2. The van der Waals surface area contributed by atoms with E-state index < -0.39 is 0 Å². The fourth-order valence-corrected chi connectivity index (χ4v) is 2.76. The van der Waals surface area contributed by atoms with Crippen LogP contribution in [0.4, 0.5) is 0 Å². The Morgan fingerprint density at radius 3 is 1.39 bits per heavy atom. The second-order valence-corrected chi connectivity index (χ2v) is 6.87. The first-order valence-electron chi connectivity index (χ1n) is 10.0. The van der Waals surface area contributed by atoms with E-state index in [0.717, 1.165) is 6.42 Å². The summed E-state index contributed by atoms with van der Waals surface area (Å²) in [5.41, 5.74) is 0.492. The number of carbonyl (C=O) groups excluding carboxylic acids is 1. The zero-order valence-electron chi connectivity index (χ0n) is 15.8. The van der Waals surface area contributed by atoms with E-state index >= 15 is 0 Å². The van der Waals surface area contributed by atoms with Crippen LogP contribution in [0.2, 0.25) is 0 Å². The summed E-state index contributed by atoms with van der Waals surface area (Å²) in [5, 5.41) is 0. The van der Waals surface area contributed by atoms with Gasteiger partial charge in [0.05, 0.1) is 6.61 Å². The quantitative estimate of drug-likeness (QED) is 0.164. The first-order chi connectivity index (χ1) is 11.2. The maximum Gasteiger partial charge on any atom is 0.333 e. The minimum absolute atomic E-state index is 0.254. The topological polar surface area (TPSA) is 26.3 Å². The SMILES string of the molecule is C=C(C)C(=O)OCCCCCCCCCCCCCCCCC. The molecule has 0 amide bonds. The predicted octanol–water partition coefficient (Wildman–Crippen LogP) is 6.98. The summed E-state index contributed by atoms with van der Waals surface area (Å²) in [6.45, 7) is 8.08. The molecule has 0 atom stereocenters. The molecule has 2 nitrogen and oxygen atoms in total. The molecule has 2 heteroatoms. The normalized spacial score (nSPS) is 10.7. The van der Waals surface area contributed by atoms with Crippen molar-refractivity contribution < 1.29 is 9.53 Å². The molecule has 0 saturated heterocycles. The van der Waals surface area contributed by atoms with Crippen LogP contribution in [0.25, 0.3) is 0 Å². The van der Waals surface area contributed by atoms with Gasteiger partial charge in [-0.25, -0.2) is 4.79 Å². The van der Waals surface area contributed by atoms with Crippen molar-refractivity contribution in [3.05, 3.63) is 12.2 Å². The van der Waals surface area contributed by atoms with Crippen LogP contribution in [0.15, 0.2) is 12.2 Å².